The first kappa shape index (κ1) is 23.2. The molecule has 0 saturated carbocycles. The molecule has 2 aromatic rings. The zero-order chi connectivity index (χ0) is 22.3. The average Bonchev–Trinajstić information content (AvgIpc) is 2.73. The van der Waals surface area contributed by atoms with Crippen LogP contribution in [-0.4, -0.2) is 23.0 Å². The van der Waals surface area contributed by atoms with Gasteiger partial charge in [0.05, 0.1) is 0 Å². The maximum absolute atomic E-state index is 12.0. The lowest BCUT2D eigenvalue weighted by atomic mass is 9.93. The largest absolute Gasteiger partial charge is 0.508 e. The first-order valence-corrected chi connectivity index (χ1v) is 10.5. The SMILES string of the molecule is CC/C=C(\O)c1ccc(-c2ccc3c(c2)CC[C@H](C)N3C(C)=O)cc1.CCC(N)=O. The van der Waals surface area contributed by atoms with E-state index in [1.54, 1.807) is 13.8 Å². The first-order chi connectivity index (χ1) is 14.3. The Kier molecular flexibility index (Phi) is 8.22. The topological polar surface area (TPSA) is 83.6 Å². The Bertz CT molecular complexity index is 916. The molecule has 160 valence electrons. The number of hydrogen-bond donors (Lipinski definition) is 2. The fourth-order valence-corrected chi connectivity index (χ4v) is 3.56. The van der Waals surface area contributed by atoms with Crippen molar-refractivity contribution >= 4 is 23.3 Å². The van der Waals surface area contributed by atoms with Crippen LogP contribution in [0.1, 0.15) is 58.1 Å². The molecule has 30 heavy (non-hydrogen) atoms. The highest BCUT2D eigenvalue weighted by Gasteiger charge is 2.26. The summed E-state index contributed by atoms with van der Waals surface area (Å²) in [6.45, 7) is 7.47. The lowest BCUT2D eigenvalue weighted by Crippen LogP contribution is -2.40. The molecule has 5 heteroatoms. The zero-order valence-electron chi connectivity index (χ0n) is 18.3. The number of aliphatic hydroxyl groups is 1. The van der Waals surface area contributed by atoms with Crippen molar-refractivity contribution in [3.63, 3.8) is 0 Å². The number of aliphatic hydroxyl groups excluding tert-OH is 1. The molecule has 0 unspecified atom stereocenters. The van der Waals surface area contributed by atoms with Crippen LogP contribution in [0.5, 0.6) is 0 Å². The second-order valence-electron chi connectivity index (χ2n) is 7.52. The second-order valence-corrected chi connectivity index (χ2v) is 7.52. The minimum absolute atomic E-state index is 0.101. The van der Waals surface area contributed by atoms with Crippen LogP contribution in [0.25, 0.3) is 16.9 Å². The number of carbonyl (C=O) groups is 2. The van der Waals surface area contributed by atoms with Gasteiger partial charge in [0, 0.05) is 30.6 Å². The minimum atomic E-state index is -0.245. The van der Waals surface area contributed by atoms with Crippen molar-refractivity contribution in [1.82, 2.24) is 0 Å². The van der Waals surface area contributed by atoms with Gasteiger partial charge in [-0.15, -0.1) is 0 Å². The molecule has 1 aliphatic rings. The van der Waals surface area contributed by atoms with Crippen molar-refractivity contribution in [2.45, 2.75) is 59.4 Å². The molecule has 1 atom stereocenters. The standard InChI is InChI=1S/C22H25NO2.C3H7NO/c1-4-5-22(25)18-10-8-17(9-11-18)19-12-13-21-20(14-19)7-6-15(2)23(21)16(3)24;1-2-3(4)5/h5,8-15,25H,4,6-7H2,1-3H3;2H2,1H3,(H2,4,5)/b22-5-;/t15-;/m0./s1. The molecule has 3 rings (SSSR count). The molecule has 0 spiro atoms. The second kappa shape index (κ2) is 10.6. The van der Waals surface area contributed by atoms with Crippen molar-refractivity contribution in [3.8, 4) is 11.1 Å². The monoisotopic (exact) mass is 408 g/mol. The zero-order valence-corrected chi connectivity index (χ0v) is 18.3. The van der Waals surface area contributed by atoms with Gasteiger partial charge in [-0.3, -0.25) is 9.59 Å². The van der Waals surface area contributed by atoms with Gasteiger partial charge in [-0.2, -0.15) is 0 Å². The van der Waals surface area contributed by atoms with E-state index in [0.29, 0.717) is 12.2 Å². The fourth-order valence-electron chi connectivity index (χ4n) is 3.56. The van der Waals surface area contributed by atoms with Gasteiger partial charge in [0.1, 0.15) is 5.76 Å². The number of benzene rings is 2. The lowest BCUT2D eigenvalue weighted by molar-refractivity contribution is -0.118. The number of rotatable bonds is 4. The quantitative estimate of drug-likeness (QED) is 0.679. The number of hydrogen-bond acceptors (Lipinski definition) is 3. The van der Waals surface area contributed by atoms with Gasteiger partial charge >= 0.3 is 0 Å². The van der Waals surface area contributed by atoms with Gasteiger partial charge < -0.3 is 15.7 Å². The Balaban J connectivity index is 0.000000575. The summed E-state index contributed by atoms with van der Waals surface area (Å²) in [5.74, 6) is 0.180. The van der Waals surface area contributed by atoms with Crippen molar-refractivity contribution in [1.29, 1.82) is 0 Å². The number of anilines is 1. The molecular weight excluding hydrogens is 376 g/mol. The molecule has 0 saturated heterocycles. The number of aryl methyl sites for hydroxylation is 1. The van der Waals surface area contributed by atoms with Crippen LogP contribution in [-0.2, 0) is 16.0 Å². The molecule has 2 amide bonds. The van der Waals surface area contributed by atoms with Gasteiger partial charge in [0.15, 0.2) is 0 Å². The molecule has 5 nitrogen and oxygen atoms in total. The van der Waals surface area contributed by atoms with Crippen molar-refractivity contribution < 1.29 is 14.7 Å². The first-order valence-electron chi connectivity index (χ1n) is 10.5. The molecule has 0 bridgehead atoms. The van der Waals surface area contributed by atoms with E-state index in [1.165, 1.54) is 5.56 Å². The Labute approximate surface area is 179 Å². The van der Waals surface area contributed by atoms with Crippen molar-refractivity contribution in [2.24, 2.45) is 5.73 Å². The average molecular weight is 409 g/mol. The lowest BCUT2D eigenvalue weighted by Gasteiger charge is -2.34. The third kappa shape index (κ3) is 5.72. The Morgan fingerprint density at radius 3 is 2.27 bits per heavy atom. The third-order valence-electron chi connectivity index (χ3n) is 5.21. The van der Waals surface area contributed by atoms with E-state index in [4.69, 9.17) is 0 Å². The summed E-state index contributed by atoms with van der Waals surface area (Å²) < 4.78 is 0. The molecule has 0 aliphatic carbocycles. The number of nitrogens with two attached hydrogens (primary N) is 1. The number of fused-ring (bicyclic) bond motifs is 1. The van der Waals surface area contributed by atoms with Crippen LogP contribution >= 0.6 is 0 Å². The van der Waals surface area contributed by atoms with Crippen LogP contribution in [0, 0.1) is 0 Å². The van der Waals surface area contributed by atoms with Crippen LogP contribution in [0.15, 0.2) is 48.5 Å². The van der Waals surface area contributed by atoms with E-state index in [0.717, 1.165) is 41.6 Å². The third-order valence-corrected chi connectivity index (χ3v) is 5.21. The molecule has 0 radical (unpaired) electrons. The van der Waals surface area contributed by atoms with Gasteiger partial charge in [0.2, 0.25) is 11.8 Å². The van der Waals surface area contributed by atoms with E-state index in [9.17, 15) is 14.7 Å². The minimum Gasteiger partial charge on any atom is -0.508 e. The van der Waals surface area contributed by atoms with E-state index in [-0.39, 0.29) is 17.9 Å². The maximum atomic E-state index is 12.0. The highest BCUT2D eigenvalue weighted by atomic mass is 16.3. The Morgan fingerprint density at radius 2 is 1.73 bits per heavy atom. The predicted molar refractivity (Wildman–Crippen MR) is 123 cm³/mol. The fraction of sp³-hybridized carbons (Fsp3) is 0.360. The van der Waals surface area contributed by atoms with Gasteiger partial charge in [0.25, 0.3) is 0 Å². The van der Waals surface area contributed by atoms with Gasteiger partial charge in [-0.25, -0.2) is 0 Å². The summed E-state index contributed by atoms with van der Waals surface area (Å²) in [6, 6.07) is 14.5. The smallest absolute Gasteiger partial charge is 0.224 e. The van der Waals surface area contributed by atoms with Crippen LogP contribution in [0.2, 0.25) is 0 Å². The van der Waals surface area contributed by atoms with Crippen molar-refractivity contribution in [3.05, 3.63) is 59.7 Å². The molecule has 1 aliphatic heterocycles. The Morgan fingerprint density at radius 1 is 1.13 bits per heavy atom. The molecule has 2 aromatic carbocycles. The number of primary amides is 1. The van der Waals surface area contributed by atoms with E-state index in [1.807, 2.05) is 42.2 Å². The Hall–Kier alpha value is -3.08. The number of amides is 2. The van der Waals surface area contributed by atoms with Gasteiger partial charge in [-0.05, 0) is 61.1 Å². The molecule has 1 heterocycles. The maximum Gasteiger partial charge on any atom is 0.224 e. The normalized spacial score (nSPS) is 15.7. The molecule has 0 aromatic heterocycles. The van der Waals surface area contributed by atoms with Crippen molar-refractivity contribution in [2.75, 3.05) is 4.90 Å². The summed E-state index contributed by atoms with van der Waals surface area (Å²) in [5, 5.41) is 9.97. The highest BCUT2D eigenvalue weighted by molar-refractivity contribution is 5.94. The van der Waals surface area contributed by atoms with Crippen LogP contribution in [0.3, 0.4) is 0 Å². The molecular formula is C25H32N2O3. The molecule has 0 fully saturated rings. The summed E-state index contributed by atoms with van der Waals surface area (Å²) in [7, 11) is 0. The van der Waals surface area contributed by atoms with E-state index < -0.39 is 0 Å². The summed E-state index contributed by atoms with van der Waals surface area (Å²) in [4.78, 5) is 23.5. The van der Waals surface area contributed by atoms with Crippen LogP contribution < -0.4 is 10.6 Å². The van der Waals surface area contributed by atoms with E-state index >= 15 is 0 Å². The van der Waals surface area contributed by atoms with E-state index in [2.05, 4.69) is 30.9 Å². The predicted octanol–water partition coefficient (Wildman–Crippen LogP) is 5.23. The summed E-state index contributed by atoms with van der Waals surface area (Å²) >= 11 is 0. The van der Waals surface area contributed by atoms with Crippen LogP contribution in [0.4, 0.5) is 5.69 Å². The number of allylic oxidation sites excluding steroid dienone is 1. The number of carbonyl (C=O) groups excluding carboxylic acids is 2. The number of nitrogens with zero attached hydrogens (tertiary/aromatic N) is 1. The summed E-state index contributed by atoms with van der Waals surface area (Å²) in [6.07, 6.45) is 5.05. The van der Waals surface area contributed by atoms with Gasteiger partial charge in [-0.1, -0.05) is 44.2 Å². The molecule has 3 N–H and O–H groups in total. The highest BCUT2D eigenvalue weighted by Crippen LogP contribution is 2.34. The summed E-state index contributed by atoms with van der Waals surface area (Å²) in [5.41, 5.74) is 10.0.